The Bertz CT molecular complexity index is 1480. The number of phenolic OH excluding ortho intramolecular Hbond substituents is 1. The van der Waals surface area contributed by atoms with Crippen molar-refractivity contribution in [2.75, 3.05) is 4.90 Å². The van der Waals surface area contributed by atoms with Crippen LogP contribution < -0.4 is 4.90 Å². The average Bonchev–Trinajstić information content (AvgIpc) is 3.27. The molecule has 2 aromatic carbocycles. The van der Waals surface area contributed by atoms with Gasteiger partial charge in [0.05, 0.1) is 28.9 Å². The molecule has 7 heteroatoms. The number of likely N-dealkylation sites (tertiary alicyclic amines) is 1. The number of imide groups is 2. The highest BCUT2D eigenvalue weighted by Crippen LogP contribution is 2.64. The predicted molar refractivity (Wildman–Crippen MR) is 150 cm³/mol. The summed E-state index contributed by atoms with van der Waals surface area (Å²) in [6.45, 7) is 11.1. The Labute approximate surface area is 234 Å². The summed E-state index contributed by atoms with van der Waals surface area (Å²) < 4.78 is 0. The second-order valence-corrected chi connectivity index (χ2v) is 13.2. The Hall–Kier alpha value is -3.74. The third-order valence-electron chi connectivity index (χ3n) is 9.81. The lowest BCUT2D eigenvalue weighted by atomic mass is 9.51. The lowest BCUT2D eigenvalue weighted by Crippen LogP contribution is -2.49. The molecule has 0 spiro atoms. The van der Waals surface area contributed by atoms with Crippen LogP contribution in [-0.4, -0.2) is 39.2 Å². The molecule has 2 saturated heterocycles. The zero-order valence-electron chi connectivity index (χ0n) is 23.9. The third kappa shape index (κ3) is 3.42. The number of hydrogen-bond acceptors (Lipinski definition) is 5. The number of aromatic hydroxyl groups is 1. The molecule has 2 aliphatic carbocycles. The maximum atomic E-state index is 14.4. The predicted octanol–water partition coefficient (Wildman–Crippen LogP) is 5.04. The van der Waals surface area contributed by atoms with Crippen molar-refractivity contribution in [2.45, 2.75) is 65.8 Å². The van der Waals surface area contributed by atoms with Crippen LogP contribution in [0.3, 0.4) is 0 Å². The van der Waals surface area contributed by atoms with Crippen LogP contribution in [-0.2, 0) is 19.2 Å². The normalized spacial score (nSPS) is 31.8. The van der Waals surface area contributed by atoms with Crippen molar-refractivity contribution in [2.24, 2.45) is 29.1 Å². The molecule has 40 heavy (non-hydrogen) atoms. The first-order valence-electron chi connectivity index (χ1n) is 14.1. The van der Waals surface area contributed by atoms with Crippen LogP contribution in [0.1, 0.15) is 63.1 Å². The SMILES string of the molecule is Cc1cc(C2C3=CCC4C(=O)N(C(C)(C)C)C(=O)C4C3CC3C(=O)N(c4ccccc4)C(=O)C32C)cc(C)c1O. The van der Waals surface area contributed by atoms with Gasteiger partial charge in [0.25, 0.3) is 0 Å². The summed E-state index contributed by atoms with van der Waals surface area (Å²) in [6.07, 6.45) is 2.82. The van der Waals surface area contributed by atoms with Gasteiger partial charge in [-0.2, -0.15) is 0 Å². The first kappa shape index (κ1) is 26.5. The average molecular weight is 541 g/mol. The summed E-state index contributed by atoms with van der Waals surface area (Å²) in [5.74, 6) is -3.17. The van der Waals surface area contributed by atoms with Crippen molar-refractivity contribution in [3.8, 4) is 5.75 Å². The van der Waals surface area contributed by atoms with E-state index >= 15 is 0 Å². The Kier molecular flexibility index (Phi) is 5.71. The Balaban J connectivity index is 1.55. The van der Waals surface area contributed by atoms with Crippen molar-refractivity contribution in [1.29, 1.82) is 0 Å². The molecule has 0 bridgehead atoms. The molecule has 2 heterocycles. The molecule has 6 rings (SSSR count). The number of anilines is 1. The van der Waals surface area contributed by atoms with Crippen molar-refractivity contribution in [3.05, 3.63) is 70.8 Å². The van der Waals surface area contributed by atoms with Gasteiger partial charge >= 0.3 is 0 Å². The molecule has 4 amide bonds. The molecule has 6 atom stereocenters. The smallest absolute Gasteiger partial charge is 0.241 e. The van der Waals surface area contributed by atoms with E-state index in [1.807, 2.05) is 59.7 Å². The molecule has 6 unspecified atom stereocenters. The van der Waals surface area contributed by atoms with E-state index in [0.29, 0.717) is 29.7 Å². The van der Waals surface area contributed by atoms with Crippen LogP contribution in [0.4, 0.5) is 5.69 Å². The second-order valence-electron chi connectivity index (χ2n) is 13.2. The summed E-state index contributed by atoms with van der Waals surface area (Å²) in [5.41, 5.74) is 1.97. The van der Waals surface area contributed by atoms with Crippen LogP contribution in [0.5, 0.6) is 5.75 Å². The number of para-hydroxylation sites is 1. The summed E-state index contributed by atoms with van der Waals surface area (Å²) in [5, 5.41) is 10.6. The molecule has 4 aliphatic rings. The molecule has 3 fully saturated rings. The Morgan fingerprint density at radius 2 is 1.52 bits per heavy atom. The minimum absolute atomic E-state index is 0.154. The number of carbonyl (C=O) groups is 4. The minimum Gasteiger partial charge on any atom is -0.507 e. The molecule has 208 valence electrons. The molecule has 7 nitrogen and oxygen atoms in total. The van der Waals surface area contributed by atoms with E-state index in [4.69, 9.17) is 0 Å². The maximum Gasteiger partial charge on any atom is 0.241 e. The molecule has 2 aliphatic heterocycles. The number of rotatable bonds is 2. The number of carbonyl (C=O) groups excluding carboxylic acids is 4. The van der Waals surface area contributed by atoms with Gasteiger partial charge in [-0.3, -0.25) is 24.1 Å². The number of nitrogens with zero attached hydrogens (tertiary/aromatic N) is 2. The number of allylic oxidation sites excluding steroid dienone is 2. The van der Waals surface area contributed by atoms with E-state index in [-0.39, 0.29) is 35.3 Å². The van der Waals surface area contributed by atoms with Crippen LogP contribution in [0, 0.1) is 42.9 Å². The highest BCUT2D eigenvalue weighted by molar-refractivity contribution is 6.24. The second kappa shape index (κ2) is 8.63. The third-order valence-corrected chi connectivity index (χ3v) is 9.81. The molecule has 2 aromatic rings. The number of benzene rings is 2. The van der Waals surface area contributed by atoms with Gasteiger partial charge in [0.15, 0.2) is 0 Å². The van der Waals surface area contributed by atoms with Crippen LogP contribution >= 0.6 is 0 Å². The molecule has 0 aromatic heterocycles. The van der Waals surface area contributed by atoms with E-state index in [1.54, 1.807) is 24.3 Å². The Morgan fingerprint density at radius 3 is 2.12 bits per heavy atom. The fourth-order valence-electron chi connectivity index (χ4n) is 8.04. The van der Waals surface area contributed by atoms with E-state index in [2.05, 4.69) is 6.08 Å². The lowest BCUT2D eigenvalue weighted by Gasteiger charge is -2.49. The topological polar surface area (TPSA) is 95.0 Å². The molecular formula is C33H36N2O5. The van der Waals surface area contributed by atoms with E-state index < -0.39 is 34.6 Å². The van der Waals surface area contributed by atoms with Gasteiger partial charge in [0, 0.05) is 11.5 Å². The summed E-state index contributed by atoms with van der Waals surface area (Å²) in [6, 6.07) is 12.8. The highest BCUT2D eigenvalue weighted by Gasteiger charge is 2.68. The number of amides is 4. The van der Waals surface area contributed by atoms with Gasteiger partial charge in [-0.1, -0.05) is 42.0 Å². The zero-order valence-corrected chi connectivity index (χ0v) is 23.9. The van der Waals surface area contributed by atoms with Crippen LogP contribution in [0.2, 0.25) is 0 Å². The monoisotopic (exact) mass is 540 g/mol. The van der Waals surface area contributed by atoms with Crippen molar-refractivity contribution >= 4 is 29.3 Å². The standard InChI is InChI=1S/C33H36N2O5/c1-17-14-19(15-18(2)27(17)36)26-21-12-13-22-25(30(39)35(28(22)37)32(3,4)5)23(21)16-24-29(38)34(31(40)33(24,26)6)20-10-8-7-9-11-20/h7-12,14-15,22-26,36H,13,16H2,1-6H3. The van der Waals surface area contributed by atoms with Gasteiger partial charge < -0.3 is 5.11 Å². The van der Waals surface area contributed by atoms with E-state index in [1.165, 1.54) is 9.80 Å². The van der Waals surface area contributed by atoms with Gasteiger partial charge in [-0.15, -0.1) is 0 Å². The molecule has 1 N–H and O–H groups in total. The van der Waals surface area contributed by atoms with Gasteiger partial charge in [0.1, 0.15) is 5.75 Å². The Morgan fingerprint density at radius 1 is 0.900 bits per heavy atom. The van der Waals surface area contributed by atoms with Crippen molar-refractivity contribution < 1.29 is 24.3 Å². The summed E-state index contributed by atoms with van der Waals surface area (Å²) >= 11 is 0. The molecule has 1 saturated carbocycles. The summed E-state index contributed by atoms with van der Waals surface area (Å²) in [7, 11) is 0. The fraction of sp³-hybridized carbons (Fsp3) is 0.455. The number of aryl methyl sites for hydroxylation is 2. The first-order valence-corrected chi connectivity index (χ1v) is 14.1. The van der Waals surface area contributed by atoms with Crippen LogP contribution in [0.15, 0.2) is 54.1 Å². The number of phenols is 1. The number of hydrogen-bond donors (Lipinski definition) is 1. The number of fused-ring (bicyclic) bond motifs is 4. The van der Waals surface area contributed by atoms with Gasteiger partial charge in [-0.05, 0) is 89.1 Å². The largest absolute Gasteiger partial charge is 0.507 e. The highest BCUT2D eigenvalue weighted by atomic mass is 16.3. The van der Waals surface area contributed by atoms with Crippen molar-refractivity contribution in [1.82, 2.24) is 4.90 Å². The van der Waals surface area contributed by atoms with Gasteiger partial charge in [-0.25, -0.2) is 4.90 Å². The quantitative estimate of drug-likeness (QED) is 0.426. The van der Waals surface area contributed by atoms with Crippen LogP contribution in [0.25, 0.3) is 0 Å². The van der Waals surface area contributed by atoms with E-state index in [9.17, 15) is 24.3 Å². The maximum absolute atomic E-state index is 14.4. The zero-order chi connectivity index (χ0) is 28.9. The molecule has 0 radical (unpaired) electrons. The van der Waals surface area contributed by atoms with Gasteiger partial charge in [0.2, 0.25) is 23.6 Å². The fourth-order valence-corrected chi connectivity index (χ4v) is 8.04. The summed E-state index contributed by atoms with van der Waals surface area (Å²) in [4.78, 5) is 58.7. The first-order chi connectivity index (χ1) is 18.8. The van der Waals surface area contributed by atoms with Crippen molar-refractivity contribution in [3.63, 3.8) is 0 Å². The lowest BCUT2D eigenvalue weighted by molar-refractivity contribution is -0.145. The minimum atomic E-state index is -1.09. The molecular weight excluding hydrogens is 504 g/mol. The van der Waals surface area contributed by atoms with E-state index in [0.717, 1.165) is 11.1 Å².